The van der Waals surface area contributed by atoms with E-state index in [4.69, 9.17) is 0 Å². The van der Waals surface area contributed by atoms with Gasteiger partial charge >= 0.3 is 0 Å². The second-order valence-electron chi connectivity index (χ2n) is 9.34. The molecule has 1 aromatic heterocycles. The average molecular weight is 505 g/mol. The summed E-state index contributed by atoms with van der Waals surface area (Å²) in [6.07, 6.45) is 26.1. The Hall–Kier alpha value is -0.595. The van der Waals surface area contributed by atoms with Gasteiger partial charge in [-0.3, -0.25) is 0 Å². The van der Waals surface area contributed by atoms with E-state index in [2.05, 4.69) is 59.0 Å². The van der Waals surface area contributed by atoms with Crippen LogP contribution in [0.15, 0.2) is 43.0 Å². The van der Waals surface area contributed by atoms with Crippen molar-refractivity contribution in [1.29, 1.82) is 0 Å². The highest BCUT2D eigenvalue weighted by Gasteiger charge is 2.42. The van der Waals surface area contributed by atoms with Crippen molar-refractivity contribution in [3.8, 4) is 5.69 Å². The van der Waals surface area contributed by atoms with Crippen LogP contribution in [-0.2, 0) is 12.7 Å². The molecular weight excluding hydrogens is 462 g/mol. The van der Waals surface area contributed by atoms with Crippen molar-refractivity contribution < 1.29 is 21.5 Å². The molecule has 1 heterocycles. The highest BCUT2D eigenvalue weighted by molar-refractivity contribution is 7.97. The lowest BCUT2D eigenvalue weighted by Gasteiger charge is -2.47. The molecule has 2 saturated carbocycles. The Labute approximate surface area is 202 Å². The molecule has 5 heteroatoms. The fourth-order valence-electron chi connectivity index (χ4n) is 5.43. The molecule has 0 spiro atoms. The standard InChI is InChI=1S/C26H43BN2P.BrH/c1-2-3-17-28-18-19-29(22-28)24-12-10-11-23(20-24)21-30(27,25-13-6-4-7-14-25)26-15-8-5-9-16-26;/h10-12,18-20,22,25-26H,2-9,13-17,21H2,1,27H3;1H/q+1;/p-1. The SMILES string of the molecule is [BH3-][P+](Cc1cccc(-n2cc[n+](CCCC)c2)c1)(C1CCCCC1)C1CCCCC1.[Br-]. The van der Waals surface area contributed by atoms with Gasteiger partial charge in [-0.2, -0.15) is 0 Å². The molecule has 2 aliphatic rings. The number of hydrogen-bond acceptors (Lipinski definition) is 0. The van der Waals surface area contributed by atoms with Gasteiger partial charge in [-0.05, 0) is 75.5 Å². The maximum absolute atomic E-state index is 2.53. The van der Waals surface area contributed by atoms with Crippen molar-refractivity contribution in [2.45, 2.75) is 108 Å². The summed E-state index contributed by atoms with van der Waals surface area (Å²) in [7, 11) is -0.325. The minimum atomic E-state index is -0.728. The third-order valence-electron chi connectivity index (χ3n) is 7.12. The van der Waals surface area contributed by atoms with Crippen molar-refractivity contribution in [2.24, 2.45) is 0 Å². The number of aryl methyl sites for hydroxylation is 1. The number of nitrogens with zero attached hydrogens (tertiary/aromatic N) is 2. The normalized spacial score (nSPS) is 18.6. The summed E-state index contributed by atoms with van der Waals surface area (Å²) in [6, 6.07) is 9.62. The Morgan fingerprint density at radius 2 is 1.65 bits per heavy atom. The topological polar surface area (TPSA) is 8.81 Å². The maximum atomic E-state index is 2.53. The Balaban J connectivity index is 0.00000272. The third kappa shape index (κ3) is 6.26. The van der Waals surface area contributed by atoms with E-state index >= 15 is 0 Å². The number of rotatable bonds is 8. The molecular formula is C26H43BBrN2P. The lowest BCUT2D eigenvalue weighted by molar-refractivity contribution is -0.696. The summed E-state index contributed by atoms with van der Waals surface area (Å²) in [4.78, 5) is 0. The number of hydrogen-bond donors (Lipinski definition) is 0. The number of halogens is 1. The van der Waals surface area contributed by atoms with Crippen molar-refractivity contribution in [3.63, 3.8) is 0 Å². The molecule has 0 atom stereocenters. The highest BCUT2D eigenvalue weighted by atomic mass is 79.9. The first-order chi connectivity index (χ1) is 14.7. The predicted octanol–water partition coefficient (Wildman–Crippen LogP) is 3.03. The van der Waals surface area contributed by atoms with Crippen LogP contribution in [0.5, 0.6) is 0 Å². The van der Waals surface area contributed by atoms with Crippen LogP contribution in [0, 0.1) is 0 Å². The molecule has 0 bridgehead atoms. The van der Waals surface area contributed by atoms with Gasteiger partial charge in [-0.1, -0.05) is 38.3 Å². The fraction of sp³-hybridized carbons (Fsp3) is 0.654. The molecule has 2 nitrogen and oxygen atoms in total. The zero-order valence-corrected chi connectivity index (χ0v) is 21.3. The van der Waals surface area contributed by atoms with Gasteiger partial charge in [0, 0.05) is 17.5 Å². The van der Waals surface area contributed by atoms with E-state index in [1.165, 1.54) is 63.2 Å². The van der Waals surface area contributed by atoms with E-state index in [-0.39, 0.29) is 17.0 Å². The molecule has 1 aromatic carbocycles. The van der Waals surface area contributed by atoms with Gasteiger partial charge in [0.15, 0.2) is 0 Å². The summed E-state index contributed by atoms with van der Waals surface area (Å²) in [6.45, 7) is 3.40. The predicted molar refractivity (Wildman–Crippen MR) is 135 cm³/mol. The summed E-state index contributed by atoms with van der Waals surface area (Å²) in [5.41, 5.74) is 5.30. The first-order valence-corrected chi connectivity index (χ1v) is 13.9. The van der Waals surface area contributed by atoms with Crippen LogP contribution >= 0.6 is 7.14 Å². The quantitative estimate of drug-likeness (QED) is 0.297. The monoisotopic (exact) mass is 504 g/mol. The van der Waals surface area contributed by atoms with E-state index in [1.807, 2.05) is 0 Å². The Morgan fingerprint density at radius 3 is 2.26 bits per heavy atom. The summed E-state index contributed by atoms with van der Waals surface area (Å²) in [5, 5.41) is 0. The van der Waals surface area contributed by atoms with Crippen LogP contribution in [0.4, 0.5) is 0 Å². The van der Waals surface area contributed by atoms with Gasteiger partial charge in [0.25, 0.3) is 0 Å². The first-order valence-electron chi connectivity index (χ1n) is 12.3. The molecule has 0 amide bonds. The van der Waals surface area contributed by atoms with Gasteiger partial charge < -0.3 is 17.0 Å². The molecule has 0 N–H and O–H groups in total. The van der Waals surface area contributed by atoms with Crippen LogP contribution in [0.2, 0.25) is 0 Å². The zero-order chi connectivity index (χ0) is 20.8. The second kappa shape index (κ2) is 12.0. The van der Waals surface area contributed by atoms with Crippen LogP contribution in [-0.4, -0.2) is 23.5 Å². The average Bonchev–Trinajstić information content (AvgIpc) is 3.28. The van der Waals surface area contributed by atoms with Gasteiger partial charge in [0.2, 0.25) is 6.33 Å². The van der Waals surface area contributed by atoms with Crippen LogP contribution in [0.1, 0.15) is 89.5 Å². The molecule has 4 rings (SSSR count). The van der Waals surface area contributed by atoms with Gasteiger partial charge in [0.1, 0.15) is 25.6 Å². The van der Waals surface area contributed by atoms with E-state index in [9.17, 15) is 0 Å². The smallest absolute Gasteiger partial charge is 0.248 e. The molecule has 0 saturated heterocycles. The van der Waals surface area contributed by atoms with Crippen molar-refractivity contribution in [1.82, 2.24) is 4.57 Å². The van der Waals surface area contributed by atoms with E-state index in [0.29, 0.717) is 7.57 Å². The minimum absolute atomic E-state index is 0. The van der Waals surface area contributed by atoms with Gasteiger partial charge in [-0.25, -0.2) is 9.13 Å². The molecule has 2 aromatic rings. The van der Waals surface area contributed by atoms with Crippen LogP contribution in [0.3, 0.4) is 0 Å². The van der Waals surface area contributed by atoms with E-state index < -0.39 is 7.14 Å². The summed E-state index contributed by atoms with van der Waals surface area (Å²) >= 11 is 0. The molecule has 172 valence electrons. The molecule has 0 unspecified atom stereocenters. The number of benzene rings is 1. The second-order valence-corrected chi connectivity index (χ2v) is 12.1. The first kappa shape index (κ1) is 25.0. The van der Waals surface area contributed by atoms with Crippen molar-refractivity contribution in [3.05, 3.63) is 48.5 Å². The van der Waals surface area contributed by atoms with Crippen molar-refractivity contribution >= 4 is 14.7 Å². The largest absolute Gasteiger partial charge is 1.00 e. The van der Waals surface area contributed by atoms with Gasteiger partial charge in [-0.15, -0.1) is 7.14 Å². The van der Waals surface area contributed by atoms with E-state index in [0.717, 1.165) is 17.9 Å². The molecule has 0 radical (unpaired) electrons. The number of imidazole rings is 1. The molecule has 0 aliphatic heterocycles. The fourth-order valence-corrected chi connectivity index (χ4v) is 9.22. The zero-order valence-electron chi connectivity index (χ0n) is 18.8. The maximum Gasteiger partial charge on any atom is 0.248 e. The Kier molecular flexibility index (Phi) is 9.72. The molecule has 31 heavy (non-hydrogen) atoms. The Bertz CT molecular complexity index is 778. The molecule has 2 aliphatic carbocycles. The number of unbranched alkanes of at least 4 members (excludes halogenated alkanes) is 1. The van der Waals surface area contributed by atoms with E-state index in [1.54, 1.807) is 31.2 Å². The minimum Gasteiger partial charge on any atom is -1.00 e. The lowest BCUT2D eigenvalue weighted by Crippen LogP contribution is -3.00. The van der Waals surface area contributed by atoms with Crippen LogP contribution < -0.4 is 21.5 Å². The number of aromatic nitrogens is 2. The third-order valence-corrected chi connectivity index (χ3v) is 10.8. The summed E-state index contributed by atoms with van der Waals surface area (Å²) in [5.74, 6) is 0. The Morgan fingerprint density at radius 1 is 1.00 bits per heavy atom. The van der Waals surface area contributed by atoms with Gasteiger partial charge in [0.05, 0.1) is 6.54 Å². The van der Waals surface area contributed by atoms with Crippen molar-refractivity contribution in [2.75, 3.05) is 0 Å². The summed E-state index contributed by atoms with van der Waals surface area (Å²) < 4.78 is 4.68. The highest BCUT2D eigenvalue weighted by Crippen LogP contribution is 2.70. The van der Waals surface area contributed by atoms with Crippen LogP contribution in [0.25, 0.3) is 5.69 Å². The molecule has 2 fully saturated rings. The lowest BCUT2D eigenvalue weighted by atomic mass is 9.99.